The molecule has 27 heavy (non-hydrogen) atoms. The molecule has 0 unspecified atom stereocenters. The molecule has 0 aromatic heterocycles. The van der Waals surface area contributed by atoms with Crippen molar-refractivity contribution >= 4 is 17.9 Å². The summed E-state index contributed by atoms with van der Waals surface area (Å²) in [6.07, 6.45) is 3.10. The number of imide groups is 1. The smallest absolute Gasteiger partial charge is 0.271 e. The molecule has 2 amide bonds. The average molecular weight is 366 g/mol. The van der Waals surface area contributed by atoms with Crippen molar-refractivity contribution in [1.82, 2.24) is 4.90 Å². The molecule has 0 atom stereocenters. The zero-order valence-corrected chi connectivity index (χ0v) is 15.7. The van der Waals surface area contributed by atoms with E-state index in [-0.39, 0.29) is 12.1 Å². The van der Waals surface area contributed by atoms with Crippen molar-refractivity contribution in [2.75, 3.05) is 19.8 Å². The monoisotopic (exact) mass is 366 g/mol. The minimum Gasteiger partial charge on any atom is -0.490 e. The zero-order chi connectivity index (χ0) is 20.0. The molecule has 0 radical (unpaired) electrons. The normalized spacial score (nSPS) is 15.8. The summed E-state index contributed by atoms with van der Waals surface area (Å²) in [6.45, 7) is 9.94. The number of benzene rings is 1. The third-order valence-corrected chi connectivity index (χ3v) is 4.02. The second-order valence-electron chi connectivity index (χ2n) is 5.75. The third-order valence-electron chi connectivity index (χ3n) is 4.02. The molecule has 0 bridgehead atoms. The van der Waals surface area contributed by atoms with E-state index in [1.807, 2.05) is 19.9 Å². The number of carbonyl (C=O) groups excluding carboxylic acids is 2. The lowest BCUT2D eigenvalue weighted by atomic mass is 9.93. The molecule has 6 nitrogen and oxygen atoms in total. The highest BCUT2D eigenvalue weighted by molar-refractivity contribution is 6.19. The summed E-state index contributed by atoms with van der Waals surface area (Å²) in [7, 11) is 0. The summed E-state index contributed by atoms with van der Waals surface area (Å²) < 4.78 is 11.2. The first kappa shape index (κ1) is 20.0. The Morgan fingerprint density at radius 1 is 1.15 bits per heavy atom. The molecule has 0 fully saturated rings. The molecule has 6 heteroatoms. The van der Waals surface area contributed by atoms with Gasteiger partial charge in [0.05, 0.1) is 13.2 Å². The first-order valence-corrected chi connectivity index (χ1v) is 8.68. The fraction of sp³-hybridized carbons (Fsp3) is 0.286. The van der Waals surface area contributed by atoms with Crippen molar-refractivity contribution < 1.29 is 19.1 Å². The van der Waals surface area contributed by atoms with Crippen LogP contribution < -0.4 is 9.47 Å². The molecule has 0 spiro atoms. The van der Waals surface area contributed by atoms with Crippen LogP contribution in [-0.4, -0.2) is 36.5 Å². The van der Waals surface area contributed by atoms with Gasteiger partial charge in [0.1, 0.15) is 11.6 Å². The predicted octanol–water partition coefficient (Wildman–Crippen LogP) is 3.26. The molecule has 1 aliphatic heterocycles. The Morgan fingerprint density at radius 3 is 2.41 bits per heavy atom. The fourth-order valence-electron chi connectivity index (χ4n) is 2.75. The van der Waals surface area contributed by atoms with Gasteiger partial charge in [0.2, 0.25) is 0 Å². The molecule has 2 rings (SSSR count). The number of hydrogen-bond donors (Lipinski definition) is 0. The molecule has 1 heterocycles. The molecule has 1 aromatic carbocycles. The van der Waals surface area contributed by atoms with Gasteiger partial charge in [0.15, 0.2) is 11.5 Å². The van der Waals surface area contributed by atoms with Gasteiger partial charge in [-0.1, -0.05) is 12.1 Å². The summed E-state index contributed by atoms with van der Waals surface area (Å²) in [4.78, 5) is 26.1. The van der Waals surface area contributed by atoms with Crippen molar-refractivity contribution in [3.63, 3.8) is 0 Å². The number of nitriles is 1. The van der Waals surface area contributed by atoms with Gasteiger partial charge in [0.25, 0.3) is 11.8 Å². The summed E-state index contributed by atoms with van der Waals surface area (Å²) in [5, 5.41) is 9.34. The third kappa shape index (κ3) is 4.09. The predicted molar refractivity (Wildman–Crippen MR) is 102 cm³/mol. The molecular formula is C21H22N2O4. The lowest BCUT2D eigenvalue weighted by molar-refractivity contribution is -0.139. The Balaban J connectivity index is 2.55. The number of rotatable bonds is 7. The standard InChI is InChI=1S/C21H22N2O4/c1-5-10-23-20(24)16(14(4)17(13-22)21(23)25)11-15-8-9-18(26-6-2)19(12-15)27-7-3/h5,8-9,11-12H,1,6-7,10H2,2-4H3/b16-11+. The van der Waals surface area contributed by atoms with Crippen LogP contribution in [0.5, 0.6) is 11.5 Å². The van der Waals surface area contributed by atoms with Crippen LogP contribution in [0, 0.1) is 11.3 Å². The first-order chi connectivity index (χ1) is 13.0. The highest BCUT2D eigenvalue weighted by atomic mass is 16.5. The minimum atomic E-state index is -0.598. The van der Waals surface area contributed by atoms with E-state index in [1.54, 1.807) is 31.2 Å². The van der Waals surface area contributed by atoms with Crippen LogP contribution in [0.2, 0.25) is 0 Å². The highest BCUT2D eigenvalue weighted by Gasteiger charge is 2.34. The van der Waals surface area contributed by atoms with Gasteiger partial charge in [-0.3, -0.25) is 14.5 Å². The first-order valence-electron chi connectivity index (χ1n) is 8.68. The summed E-state index contributed by atoms with van der Waals surface area (Å²) in [5.74, 6) is 0.130. The van der Waals surface area contributed by atoms with Crippen LogP contribution in [0.4, 0.5) is 0 Å². The Hall–Kier alpha value is -3.33. The van der Waals surface area contributed by atoms with E-state index in [0.29, 0.717) is 41.4 Å². The molecule has 1 aliphatic rings. The second kappa shape index (κ2) is 8.86. The quantitative estimate of drug-likeness (QED) is 0.420. The molecule has 1 aromatic rings. The Bertz CT molecular complexity index is 875. The maximum atomic E-state index is 12.8. The molecule has 0 saturated heterocycles. The van der Waals surface area contributed by atoms with E-state index < -0.39 is 11.8 Å². The summed E-state index contributed by atoms with van der Waals surface area (Å²) in [5.41, 5.74) is 1.31. The van der Waals surface area contributed by atoms with Crippen LogP contribution in [0.25, 0.3) is 6.08 Å². The van der Waals surface area contributed by atoms with Crippen molar-refractivity contribution in [1.29, 1.82) is 5.26 Å². The lowest BCUT2D eigenvalue weighted by Crippen LogP contribution is -2.42. The number of amides is 2. The highest BCUT2D eigenvalue weighted by Crippen LogP contribution is 2.32. The van der Waals surface area contributed by atoms with E-state index in [2.05, 4.69) is 6.58 Å². The number of ether oxygens (including phenoxy) is 2. The van der Waals surface area contributed by atoms with E-state index >= 15 is 0 Å². The Morgan fingerprint density at radius 2 is 1.81 bits per heavy atom. The van der Waals surface area contributed by atoms with Gasteiger partial charge < -0.3 is 9.47 Å². The van der Waals surface area contributed by atoms with E-state index in [9.17, 15) is 14.9 Å². The largest absolute Gasteiger partial charge is 0.490 e. The van der Waals surface area contributed by atoms with Crippen LogP contribution >= 0.6 is 0 Å². The molecule has 0 N–H and O–H groups in total. The maximum absolute atomic E-state index is 12.8. The molecule has 0 saturated carbocycles. The van der Waals surface area contributed by atoms with Crippen molar-refractivity contribution in [3.8, 4) is 17.6 Å². The Labute approximate surface area is 159 Å². The van der Waals surface area contributed by atoms with Gasteiger partial charge in [-0.15, -0.1) is 6.58 Å². The number of nitrogens with zero attached hydrogens (tertiary/aromatic N) is 2. The van der Waals surface area contributed by atoms with Gasteiger partial charge in [0, 0.05) is 12.1 Å². The SMILES string of the molecule is C=CCN1C(=O)C(C#N)=C(C)/C(=C\c2ccc(OCC)c(OCC)c2)C1=O. The van der Waals surface area contributed by atoms with Gasteiger partial charge in [-0.05, 0) is 50.1 Å². The topological polar surface area (TPSA) is 79.6 Å². The van der Waals surface area contributed by atoms with Gasteiger partial charge >= 0.3 is 0 Å². The maximum Gasteiger partial charge on any atom is 0.271 e. The lowest BCUT2D eigenvalue weighted by Gasteiger charge is -2.26. The molecule has 0 aliphatic carbocycles. The van der Waals surface area contributed by atoms with Crippen molar-refractivity contribution in [2.24, 2.45) is 0 Å². The van der Waals surface area contributed by atoms with Gasteiger partial charge in [-0.25, -0.2) is 0 Å². The van der Waals surface area contributed by atoms with Gasteiger partial charge in [-0.2, -0.15) is 5.26 Å². The van der Waals surface area contributed by atoms with Crippen LogP contribution in [0.15, 0.2) is 47.6 Å². The van der Waals surface area contributed by atoms with Crippen molar-refractivity contribution in [2.45, 2.75) is 20.8 Å². The Kier molecular flexibility index (Phi) is 6.56. The second-order valence-corrected chi connectivity index (χ2v) is 5.75. The van der Waals surface area contributed by atoms with Crippen LogP contribution in [-0.2, 0) is 9.59 Å². The van der Waals surface area contributed by atoms with E-state index in [1.165, 1.54) is 6.08 Å². The van der Waals surface area contributed by atoms with Crippen LogP contribution in [0.3, 0.4) is 0 Å². The fourth-order valence-corrected chi connectivity index (χ4v) is 2.75. The summed E-state index contributed by atoms with van der Waals surface area (Å²) >= 11 is 0. The summed E-state index contributed by atoms with van der Waals surface area (Å²) in [6, 6.07) is 7.23. The number of hydrogen-bond acceptors (Lipinski definition) is 5. The number of carbonyl (C=O) groups is 2. The van der Waals surface area contributed by atoms with E-state index in [0.717, 1.165) is 4.90 Å². The van der Waals surface area contributed by atoms with Crippen molar-refractivity contribution in [3.05, 3.63) is 53.1 Å². The molecule has 140 valence electrons. The molecular weight excluding hydrogens is 344 g/mol. The minimum absolute atomic E-state index is 0.0426. The van der Waals surface area contributed by atoms with E-state index in [4.69, 9.17) is 9.47 Å². The zero-order valence-electron chi connectivity index (χ0n) is 15.7. The average Bonchev–Trinajstić information content (AvgIpc) is 2.65. The van der Waals surface area contributed by atoms with Crippen LogP contribution in [0.1, 0.15) is 26.3 Å².